The number of carbonyl (C=O) groups excluding carboxylic acids is 1. The number of carbonyl (C=O) groups is 2. The predicted octanol–water partition coefficient (Wildman–Crippen LogP) is 4.66. The molecule has 0 unspecified atom stereocenters. The molecule has 0 spiro atoms. The molecule has 0 aliphatic heterocycles. The summed E-state index contributed by atoms with van der Waals surface area (Å²) in [6.45, 7) is 0.341. The van der Waals surface area contributed by atoms with Crippen LogP contribution in [-0.2, 0) is 11.4 Å². The molecular formula is C24H25N3O4S. The van der Waals surface area contributed by atoms with Crippen molar-refractivity contribution in [1.29, 1.82) is 0 Å². The van der Waals surface area contributed by atoms with Crippen LogP contribution < -0.4 is 15.4 Å². The first-order valence-corrected chi connectivity index (χ1v) is 11.5. The van der Waals surface area contributed by atoms with E-state index in [1.165, 1.54) is 11.8 Å². The Hall–Kier alpha value is -3.52. The minimum atomic E-state index is -1.06. The molecule has 0 radical (unpaired) electrons. The number of aromatic nitrogens is 1. The van der Waals surface area contributed by atoms with E-state index < -0.39 is 18.0 Å². The highest BCUT2D eigenvalue weighted by molar-refractivity contribution is 7.98. The molecule has 8 heteroatoms. The van der Waals surface area contributed by atoms with Crippen LogP contribution in [0.15, 0.2) is 73.1 Å². The third-order valence-corrected chi connectivity index (χ3v) is 5.31. The molecule has 166 valence electrons. The first-order valence-electron chi connectivity index (χ1n) is 10.1. The lowest BCUT2D eigenvalue weighted by molar-refractivity contribution is -0.139. The molecule has 1 atom stereocenters. The lowest BCUT2D eigenvalue weighted by Crippen LogP contribution is -2.43. The molecule has 2 amide bonds. The number of thioether (sulfide) groups is 1. The second-order valence-corrected chi connectivity index (χ2v) is 7.98. The summed E-state index contributed by atoms with van der Waals surface area (Å²) in [4.78, 5) is 28.0. The second kappa shape index (κ2) is 11.8. The maximum absolute atomic E-state index is 12.5. The smallest absolute Gasteiger partial charge is 0.326 e. The first-order chi connectivity index (χ1) is 15.6. The highest BCUT2D eigenvalue weighted by Gasteiger charge is 2.20. The molecule has 3 rings (SSSR count). The number of nitrogens with zero attached hydrogens (tertiary/aromatic N) is 1. The average Bonchev–Trinajstić information content (AvgIpc) is 2.82. The van der Waals surface area contributed by atoms with Gasteiger partial charge in [0.15, 0.2) is 0 Å². The van der Waals surface area contributed by atoms with Gasteiger partial charge in [-0.3, -0.25) is 4.98 Å². The molecule has 0 aliphatic rings. The van der Waals surface area contributed by atoms with Crippen molar-refractivity contribution in [2.75, 3.05) is 17.3 Å². The van der Waals surface area contributed by atoms with E-state index in [9.17, 15) is 14.7 Å². The largest absolute Gasteiger partial charge is 0.487 e. The fourth-order valence-electron chi connectivity index (χ4n) is 3.06. The van der Waals surface area contributed by atoms with Crippen molar-refractivity contribution in [2.24, 2.45) is 0 Å². The molecule has 3 N–H and O–H groups in total. The highest BCUT2D eigenvalue weighted by atomic mass is 32.2. The van der Waals surface area contributed by atoms with Gasteiger partial charge in [0.1, 0.15) is 18.4 Å². The van der Waals surface area contributed by atoms with Gasteiger partial charge in [-0.15, -0.1) is 0 Å². The van der Waals surface area contributed by atoms with Gasteiger partial charge in [-0.05, 0) is 53.8 Å². The number of rotatable bonds is 10. The van der Waals surface area contributed by atoms with Gasteiger partial charge in [0.25, 0.3) is 0 Å². The Bertz CT molecular complexity index is 1030. The minimum Gasteiger partial charge on any atom is -0.487 e. The fraction of sp³-hybridized carbons (Fsp3) is 0.208. The zero-order chi connectivity index (χ0) is 22.8. The fourth-order valence-corrected chi connectivity index (χ4v) is 3.53. The van der Waals surface area contributed by atoms with Crippen LogP contribution in [-0.4, -0.2) is 40.1 Å². The molecule has 3 aromatic rings. The van der Waals surface area contributed by atoms with Crippen LogP contribution in [0.3, 0.4) is 0 Å². The molecule has 0 bridgehead atoms. The standard InChI is InChI=1S/C24H25N3O4S/c1-32-13-11-22(23(28)29)27-24(30)26-21-10-9-17(16-31-19-8-5-12-25-15-19)14-20(21)18-6-3-2-4-7-18/h2-10,12,14-15,22H,11,13,16H2,1H3,(H,28,29)(H2,26,27,30)/t22-/m0/s1. The van der Waals surface area contributed by atoms with E-state index >= 15 is 0 Å². The normalized spacial score (nSPS) is 11.4. The van der Waals surface area contributed by atoms with Crippen molar-refractivity contribution >= 4 is 29.4 Å². The molecule has 0 aliphatic carbocycles. The lowest BCUT2D eigenvalue weighted by atomic mass is 10.0. The maximum Gasteiger partial charge on any atom is 0.326 e. The average molecular weight is 452 g/mol. The van der Waals surface area contributed by atoms with Crippen molar-refractivity contribution < 1.29 is 19.4 Å². The van der Waals surface area contributed by atoms with Gasteiger partial charge >= 0.3 is 12.0 Å². The molecule has 32 heavy (non-hydrogen) atoms. The van der Waals surface area contributed by atoms with Gasteiger partial charge in [0.2, 0.25) is 0 Å². The third kappa shape index (κ3) is 6.75. The van der Waals surface area contributed by atoms with Crippen LogP contribution in [0.1, 0.15) is 12.0 Å². The van der Waals surface area contributed by atoms with Crippen LogP contribution in [0.2, 0.25) is 0 Å². The van der Waals surface area contributed by atoms with Gasteiger partial charge in [0, 0.05) is 11.8 Å². The van der Waals surface area contributed by atoms with Gasteiger partial charge in [-0.1, -0.05) is 36.4 Å². The number of carboxylic acid groups (broad SMARTS) is 1. The van der Waals surface area contributed by atoms with E-state index in [0.717, 1.165) is 16.7 Å². The molecule has 2 aromatic carbocycles. The van der Waals surface area contributed by atoms with Crippen LogP contribution in [0, 0.1) is 0 Å². The Morgan fingerprint density at radius 1 is 1.12 bits per heavy atom. The summed E-state index contributed by atoms with van der Waals surface area (Å²) in [5, 5.41) is 14.7. The number of carboxylic acids is 1. The topological polar surface area (TPSA) is 101 Å². The van der Waals surface area contributed by atoms with E-state index in [0.29, 0.717) is 30.2 Å². The van der Waals surface area contributed by atoms with Crippen molar-refractivity contribution in [3.63, 3.8) is 0 Å². The predicted molar refractivity (Wildman–Crippen MR) is 127 cm³/mol. The number of benzene rings is 2. The second-order valence-electron chi connectivity index (χ2n) is 6.99. The third-order valence-electron chi connectivity index (χ3n) is 4.67. The Balaban J connectivity index is 1.78. The Morgan fingerprint density at radius 3 is 2.62 bits per heavy atom. The van der Waals surface area contributed by atoms with E-state index in [1.807, 2.05) is 54.8 Å². The number of ether oxygens (including phenoxy) is 1. The number of pyridine rings is 1. The number of hydrogen-bond acceptors (Lipinski definition) is 5. The van der Waals surface area contributed by atoms with Crippen LogP contribution in [0.25, 0.3) is 11.1 Å². The molecule has 1 heterocycles. The summed E-state index contributed by atoms with van der Waals surface area (Å²) < 4.78 is 5.79. The summed E-state index contributed by atoms with van der Waals surface area (Å²) in [6.07, 6.45) is 5.57. The summed E-state index contributed by atoms with van der Waals surface area (Å²) in [5.41, 5.74) is 3.22. The van der Waals surface area contributed by atoms with E-state index in [1.54, 1.807) is 24.5 Å². The number of amides is 2. The summed E-state index contributed by atoms with van der Waals surface area (Å²) in [7, 11) is 0. The van der Waals surface area contributed by atoms with Crippen molar-refractivity contribution in [3.8, 4) is 16.9 Å². The summed E-state index contributed by atoms with van der Waals surface area (Å²) in [5.74, 6) is 0.249. The lowest BCUT2D eigenvalue weighted by Gasteiger charge is -2.17. The zero-order valence-electron chi connectivity index (χ0n) is 17.7. The van der Waals surface area contributed by atoms with Crippen LogP contribution in [0.4, 0.5) is 10.5 Å². The first kappa shape index (κ1) is 23.1. The minimum absolute atomic E-state index is 0.341. The van der Waals surface area contributed by atoms with E-state index in [2.05, 4.69) is 15.6 Å². The monoisotopic (exact) mass is 451 g/mol. The highest BCUT2D eigenvalue weighted by Crippen LogP contribution is 2.29. The molecule has 0 fully saturated rings. The van der Waals surface area contributed by atoms with Crippen LogP contribution in [0.5, 0.6) is 5.75 Å². The summed E-state index contributed by atoms with van der Waals surface area (Å²) >= 11 is 1.53. The number of aliphatic carboxylic acids is 1. The van der Waals surface area contributed by atoms with Crippen molar-refractivity contribution in [1.82, 2.24) is 10.3 Å². The van der Waals surface area contributed by atoms with E-state index in [4.69, 9.17) is 4.74 Å². The molecule has 1 aromatic heterocycles. The number of nitrogens with one attached hydrogen (secondary N) is 2. The van der Waals surface area contributed by atoms with Gasteiger partial charge in [-0.25, -0.2) is 9.59 Å². The summed E-state index contributed by atoms with van der Waals surface area (Å²) in [6, 6.07) is 17.4. The van der Waals surface area contributed by atoms with Crippen molar-refractivity contribution in [3.05, 3.63) is 78.6 Å². The molecule has 0 saturated carbocycles. The molecule has 0 saturated heterocycles. The van der Waals surface area contributed by atoms with Gasteiger partial charge < -0.3 is 20.5 Å². The Morgan fingerprint density at radius 2 is 1.94 bits per heavy atom. The number of hydrogen-bond donors (Lipinski definition) is 3. The Kier molecular flexibility index (Phi) is 8.51. The number of urea groups is 1. The Labute approximate surface area is 191 Å². The number of anilines is 1. The molecule has 7 nitrogen and oxygen atoms in total. The van der Waals surface area contributed by atoms with Gasteiger partial charge in [-0.2, -0.15) is 11.8 Å². The van der Waals surface area contributed by atoms with E-state index in [-0.39, 0.29) is 0 Å². The maximum atomic E-state index is 12.5. The molecular weight excluding hydrogens is 426 g/mol. The quantitative estimate of drug-likeness (QED) is 0.415. The SMILES string of the molecule is CSCC[C@H](NC(=O)Nc1ccc(COc2cccnc2)cc1-c1ccccc1)C(=O)O. The van der Waals surface area contributed by atoms with Crippen molar-refractivity contribution in [2.45, 2.75) is 19.1 Å². The zero-order valence-corrected chi connectivity index (χ0v) is 18.5. The van der Waals surface area contributed by atoms with Crippen LogP contribution >= 0.6 is 11.8 Å². The van der Waals surface area contributed by atoms with Gasteiger partial charge in [0.05, 0.1) is 11.9 Å².